The number of benzene rings is 1. The predicted octanol–water partition coefficient (Wildman–Crippen LogP) is 3.21. The number of nitrogens with zero attached hydrogens (tertiary/aromatic N) is 3. The number of non-ortho nitro benzene ring substituents is 1. The Hall–Kier alpha value is -2.14. The predicted molar refractivity (Wildman–Crippen MR) is 77.1 cm³/mol. The molecule has 1 aromatic carbocycles. The summed E-state index contributed by atoms with van der Waals surface area (Å²) in [6.45, 7) is 1.40. The van der Waals surface area contributed by atoms with Crippen molar-refractivity contribution in [3.63, 3.8) is 0 Å². The van der Waals surface area contributed by atoms with Crippen molar-refractivity contribution < 1.29 is 4.92 Å². The summed E-state index contributed by atoms with van der Waals surface area (Å²) in [5.74, 6) is 0.728. The molecule has 0 amide bonds. The molecule has 3 rings (SSSR count). The molecule has 0 spiro atoms. The van der Waals surface area contributed by atoms with Gasteiger partial charge in [0.15, 0.2) is 0 Å². The van der Waals surface area contributed by atoms with E-state index < -0.39 is 0 Å². The van der Waals surface area contributed by atoms with Gasteiger partial charge in [0.1, 0.15) is 5.82 Å². The Kier molecular flexibility index (Phi) is 3.28. The van der Waals surface area contributed by atoms with Crippen molar-refractivity contribution in [3.05, 3.63) is 62.8 Å². The fraction of sp³-hybridized carbons (Fsp3) is 0.214. The lowest BCUT2D eigenvalue weighted by Crippen LogP contribution is -2.31. The monoisotopic (exact) mass is 289 g/mol. The summed E-state index contributed by atoms with van der Waals surface area (Å²) in [6.07, 6.45) is 2.53. The Morgan fingerprint density at radius 3 is 2.90 bits per heavy atom. The molecule has 0 bridgehead atoms. The maximum absolute atomic E-state index is 10.9. The van der Waals surface area contributed by atoms with Crippen LogP contribution in [0, 0.1) is 10.1 Å². The summed E-state index contributed by atoms with van der Waals surface area (Å²) in [4.78, 5) is 16.8. The highest BCUT2D eigenvalue weighted by Crippen LogP contribution is 2.29. The van der Waals surface area contributed by atoms with Gasteiger partial charge in [0, 0.05) is 31.4 Å². The molecule has 0 N–H and O–H groups in total. The minimum Gasteiger partial charge on any atom is -0.351 e. The summed E-state index contributed by atoms with van der Waals surface area (Å²) in [6, 6.07) is 8.62. The second kappa shape index (κ2) is 5.09. The number of halogens is 1. The van der Waals surface area contributed by atoms with Gasteiger partial charge in [-0.25, -0.2) is 4.98 Å². The van der Waals surface area contributed by atoms with Gasteiger partial charge in [-0.2, -0.15) is 0 Å². The fourth-order valence-electron chi connectivity index (χ4n) is 2.45. The van der Waals surface area contributed by atoms with Gasteiger partial charge >= 0.3 is 0 Å². The Labute approximate surface area is 121 Å². The zero-order valence-electron chi connectivity index (χ0n) is 10.6. The summed E-state index contributed by atoms with van der Waals surface area (Å²) in [5, 5.41) is 11.4. The molecule has 0 fully saturated rings. The summed E-state index contributed by atoms with van der Waals surface area (Å²) >= 11 is 6.15. The van der Waals surface area contributed by atoms with Crippen LogP contribution in [0.5, 0.6) is 0 Å². The second-order valence-corrected chi connectivity index (χ2v) is 5.10. The summed E-state index contributed by atoms with van der Waals surface area (Å²) < 4.78 is 0. The summed E-state index contributed by atoms with van der Waals surface area (Å²) in [5.41, 5.74) is 2.24. The van der Waals surface area contributed by atoms with Crippen molar-refractivity contribution in [1.82, 2.24) is 4.98 Å². The molecule has 1 aliphatic heterocycles. The topological polar surface area (TPSA) is 59.3 Å². The number of pyridine rings is 1. The van der Waals surface area contributed by atoms with E-state index in [1.807, 2.05) is 11.0 Å². The molecule has 0 unspecified atom stereocenters. The van der Waals surface area contributed by atoms with Crippen LogP contribution in [0.1, 0.15) is 11.1 Å². The molecule has 1 aromatic heterocycles. The van der Waals surface area contributed by atoms with Gasteiger partial charge in [-0.3, -0.25) is 10.1 Å². The minimum absolute atomic E-state index is 0.123. The van der Waals surface area contributed by atoms with Crippen LogP contribution < -0.4 is 4.90 Å². The molecule has 2 heterocycles. The van der Waals surface area contributed by atoms with Gasteiger partial charge in [-0.1, -0.05) is 17.7 Å². The maximum Gasteiger partial charge on any atom is 0.269 e. The van der Waals surface area contributed by atoms with Gasteiger partial charge in [-0.15, -0.1) is 0 Å². The zero-order valence-corrected chi connectivity index (χ0v) is 11.4. The van der Waals surface area contributed by atoms with Crippen LogP contribution in [0.25, 0.3) is 0 Å². The number of hydrogen-bond acceptors (Lipinski definition) is 4. The molecule has 0 radical (unpaired) electrons. The number of rotatable bonds is 2. The first-order valence-corrected chi connectivity index (χ1v) is 6.64. The minimum atomic E-state index is -0.368. The van der Waals surface area contributed by atoms with E-state index in [1.54, 1.807) is 30.5 Å². The molecule has 1 aliphatic rings. The van der Waals surface area contributed by atoms with Gasteiger partial charge < -0.3 is 4.90 Å². The molecular weight excluding hydrogens is 278 g/mol. The molecular formula is C14H12ClN3O2. The highest BCUT2D eigenvalue weighted by molar-refractivity contribution is 6.32. The van der Waals surface area contributed by atoms with Gasteiger partial charge in [-0.05, 0) is 29.7 Å². The molecule has 0 aliphatic carbocycles. The van der Waals surface area contributed by atoms with Gasteiger partial charge in [0.2, 0.25) is 0 Å². The number of anilines is 1. The molecule has 20 heavy (non-hydrogen) atoms. The van der Waals surface area contributed by atoms with Crippen molar-refractivity contribution >= 4 is 23.1 Å². The van der Waals surface area contributed by atoms with Crippen LogP contribution in [0.2, 0.25) is 5.02 Å². The number of hydrogen-bond donors (Lipinski definition) is 0. The van der Waals surface area contributed by atoms with Crippen molar-refractivity contribution in [2.24, 2.45) is 0 Å². The number of nitro benzene ring substituents is 1. The first kappa shape index (κ1) is 12.9. The first-order valence-electron chi connectivity index (χ1n) is 6.27. The largest absolute Gasteiger partial charge is 0.351 e. The Balaban J connectivity index is 1.93. The molecule has 5 nitrogen and oxygen atoms in total. The number of nitro groups is 1. The Bertz CT molecular complexity index is 675. The van der Waals surface area contributed by atoms with Crippen molar-refractivity contribution in [3.8, 4) is 0 Å². The van der Waals surface area contributed by atoms with Crippen molar-refractivity contribution in [2.75, 3.05) is 11.4 Å². The van der Waals surface area contributed by atoms with Crippen molar-refractivity contribution in [2.45, 2.75) is 13.0 Å². The van der Waals surface area contributed by atoms with Crippen LogP contribution in [0.3, 0.4) is 0 Å². The van der Waals surface area contributed by atoms with E-state index in [0.29, 0.717) is 11.6 Å². The van der Waals surface area contributed by atoms with E-state index in [1.165, 1.54) is 0 Å². The van der Waals surface area contributed by atoms with Crippen LogP contribution in [-0.2, 0) is 13.0 Å². The Morgan fingerprint density at radius 1 is 1.30 bits per heavy atom. The van der Waals surface area contributed by atoms with E-state index in [2.05, 4.69) is 4.98 Å². The van der Waals surface area contributed by atoms with Gasteiger partial charge in [0.25, 0.3) is 5.69 Å². The lowest BCUT2D eigenvalue weighted by atomic mass is 9.99. The molecule has 0 atom stereocenters. The van der Waals surface area contributed by atoms with E-state index in [9.17, 15) is 10.1 Å². The van der Waals surface area contributed by atoms with E-state index in [4.69, 9.17) is 11.6 Å². The lowest BCUT2D eigenvalue weighted by molar-refractivity contribution is -0.384. The van der Waals surface area contributed by atoms with Crippen molar-refractivity contribution in [1.29, 1.82) is 0 Å². The third-order valence-electron chi connectivity index (χ3n) is 3.45. The highest BCUT2D eigenvalue weighted by Gasteiger charge is 2.21. The van der Waals surface area contributed by atoms with Crippen LogP contribution in [0.4, 0.5) is 11.5 Å². The van der Waals surface area contributed by atoms with Gasteiger partial charge in [0.05, 0.1) is 9.95 Å². The quantitative estimate of drug-likeness (QED) is 0.629. The average molecular weight is 290 g/mol. The molecule has 0 saturated heterocycles. The summed E-state index contributed by atoms with van der Waals surface area (Å²) in [7, 11) is 0. The molecule has 2 aromatic rings. The van der Waals surface area contributed by atoms with Crippen LogP contribution >= 0.6 is 11.6 Å². The van der Waals surface area contributed by atoms with Crippen LogP contribution in [0.15, 0.2) is 36.5 Å². The molecule has 102 valence electrons. The third-order valence-corrected chi connectivity index (χ3v) is 3.75. The lowest BCUT2D eigenvalue weighted by Gasteiger charge is -2.30. The molecule has 0 saturated carbocycles. The highest BCUT2D eigenvalue weighted by atomic mass is 35.5. The number of aromatic nitrogens is 1. The maximum atomic E-state index is 10.9. The second-order valence-electron chi connectivity index (χ2n) is 4.69. The average Bonchev–Trinajstić information content (AvgIpc) is 2.46. The standard InChI is InChI=1S/C14H12ClN3O2/c15-13-2-1-6-16-14(13)17-7-5-10-3-4-12(18(19)20)8-11(10)9-17/h1-4,6,8H,5,7,9H2. The number of fused-ring (bicyclic) bond motifs is 1. The fourth-order valence-corrected chi connectivity index (χ4v) is 2.69. The first-order chi connectivity index (χ1) is 9.65. The van der Waals surface area contributed by atoms with E-state index >= 15 is 0 Å². The van der Waals surface area contributed by atoms with E-state index in [0.717, 1.165) is 29.9 Å². The SMILES string of the molecule is O=[N+]([O-])c1ccc2c(c1)CN(c1ncccc1Cl)CC2. The smallest absolute Gasteiger partial charge is 0.269 e. The van der Waals surface area contributed by atoms with Crippen LogP contribution in [-0.4, -0.2) is 16.5 Å². The Morgan fingerprint density at radius 2 is 2.15 bits per heavy atom. The zero-order chi connectivity index (χ0) is 14.1. The normalized spacial score (nSPS) is 13.9. The third kappa shape index (κ3) is 2.32. The van der Waals surface area contributed by atoms with E-state index in [-0.39, 0.29) is 10.6 Å². The molecule has 6 heteroatoms.